The van der Waals surface area contributed by atoms with E-state index >= 15 is 0 Å². The lowest BCUT2D eigenvalue weighted by atomic mass is 10.1. The molecule has 0 aliphatic rings. The number of carbonyl (C=O) groups is 1. The molecule has 3 heteroatoms. The van der Waals surface area contributed by atoms with Crippen LogP contribution in [0.4, 0.5) is 0 Å². The van der Waals surface area contributed by atoms with E-state index in [0.717, 1.165) is 5.56 Å². The van der Waals surface area contributed by atoms with E-state index < -0.39 is 5.38 Å². The maximum absolute atomic E-state index is 11.4. The first-order valence-electron chi connectivity index (χ1n) is 5.01. The number of rotatable bonds is 3. The first kappa shape index (κ1) is 12.1. The van der Waals surface area contributed by atoms with E-state index in [1.54, 1.807) is 6.92 Å². The van der Waals surface area contributed by atoms with Crippen molar-refractivity contribution in [1.29, 1.82) is 0 Å². The van der Waals surface area contributed by atoms with Crippen LogP contribution in [0.15, 0.2) is 24.3 Å². The maximum atomic E-state index is 11.4. The number of amides is 1. The van der Waals surface area contributed by atoms with E-state index in [1.165, 1.54) is 5.56 Å². The van der Waals surface area contributed by atoms with Crippen molar-refractivity contribution in [2.45, 2.75) is 32.2 Å². The van der Waals surface area contributed by atoms with Crippen molar-refractivity contribution >= 4 is 17.5 Å². The Morgan fingerprint density at radius 2 is 1.80 bits per heavy atom. The van der Waals surface area contributed by atoms with Crippen LogP contribution in [0.2, 0.25) is 0 Å². The second-order valence-electron chi connectivity index (χ2n) is 3.76. The molecule has 82 valence electrons. The largest absolute Gasteiger partial charge is 0.348 e. The van der Waals surface area contributed by atoms with Crippen LogP contribution in [0.1, 0.15) is 31.0 Å². The first-order chi connectivity index (χ1) is 7.00. The van der Waals surface area contributed by atoms with Gasteiger partial charge in [-0.15, -0.1) is 11.6 Å². The van der Waals surface area contributed by atoms with Crippen LogP contribution in [0, 0.1) is 6.92 Å². The van der Waals surface area contributed by atoms with Crippen molar-refractivity contribution in [2.75, 3.05) is 0 Å². The molecule has 1 amide bonds. The fraction of sp³-hybridized carbons (Fsp3) is 0.417. The zero-order chi connectivity index (χ0) is 11.4. The number of halogens is 1. The molecule has 2 atom stereocenters. The summed E-state index contributed by atoms with van der Waals surface area (Å²) in [7, 11) is 0. The molecule has 0 heterocycles. The lowest BCUT2D eigenvalue weighted by Crippen LogP contribution is -2.31. The van der Waals surface area contributed by atoms with Crippen molar-refractivity contribution in [3.05, 3.63) is 35.4 Å². The highest BCUT2D eigenvalue weighted by Gasteiger charge is 2.13. The van der Waals surface area contributed by atoms with E-state index in [9.17, 15) is 4.79 Å². The van der Waals surface area contributed by atoms with Gasteiger partial charge in [-0.2, -0.15) is 0 Å². The molecular formula is C12H16ClNO. The van der Waals surface area contributed by atoms with Gasteiger partial charge in [0.2, 0.25) is 5.91 Å². The average Bonchev–Trinajstić information content (AvgIpc) is 2.18. The van der Waals surface area contributed by atoms with Crippen LogP contribution >= 0.6 is 11.6 Å². The lowest BCUT2D eigenvalue weighted by molar-refractivity contribution is -0.121. The number of benzene rings is 1. The fourth-order valence-corrected chi connectivity index (χ4v) is 1.33. The van der Waals surface area contributed by atoms with Crippen LogP contribution in [-0.2, 0) is 4.79 Å². The van der Waals surface area contributed by atoms with Gasteiger partial charge in [0.1, 0.15) is 5.38 Å². The van der Waals surface area contributed by atoms with Gasteiger partial charge < -0.3 is 5.32 Å². The Morgan fingerprint density at radius 3 is 2.27 bits per heavy atom. The molecule has 1 aromatic carbocycles. The predicted octanol–water partition coefficient (Wildman–Crippen LogP) is 2.80. The van der Waals surface area contributed by atoms with Crippen LogP contribution in [0.5, 0.6) is 0 Å². The topological polar surface area (TPSA) is 29.1 Å². The molecule has 2 unspecified atom stereocenters. The van der Waals surface area contributed by atoms with Gasteiger partial charge in [0.25, 0.3) is 0 Å². The number of alkyl halides is 1. The Morgan fingerprint density at radius 1 is 1.27 bits per heavy atom. The average molecular weight is 226 g/mol. The molecule has 1 aromatic rings. The molecule has 1 rings (SSSR count). The molecular weight excluding hydrogens is 210 g/mol. The summed E-state index contributed by atoms with van der Waals surface area (Å²) in [6, 6.07) is 8.09. The lowest BCUT2D eigenvalue weighted by Gasteiger charge is -2.15. The van der Waals surface area contributed by atoms with E-state index in [4.69, 9.17) is 11.6 Å². The van der Waals surface area contributed by atoms with Gasteiger partial charge in [-0.3, -0.25) is 4.79 Å². The number of nitrogens with one attached hydrogen (secondary N) is 1. The number of aryl methyl sites for hydroxylation is 1. The standard InChI is InChI=1S/C12H16ClNO/c1-8-4-6-11(7-5-8)10(3)14-12(15)9(2)13/h4-7,9-10H,1-3H3,(H,14,15). The summed E-state index contributed by atoms with van der Waals surface area (Å²) in [4.78, 5) is 11.4. The van der Waals surface area contributed by atoms with Crippen molar-refractivity contribution in [3.63, 3.8) is 0 Å². The zero-order valence-electron chi connectivity index (χ0n) is 9.25. The Hall–Kier alpha value is -1.02. The molecule has 0 bridgehead atoms. The normalized spacial score (nSPS) is 14.4. The quantitative estimate of drug-likeness (QED) is 0.788. The fourth-order valence-electron chi connectivity index (χ4n) is 1.27. The molecule has 0 saturated heterocycles. The summed E-state index contributed by atoms with van der Waals surface area (Å²) >= 11 is 5.67. The maximum Gasteiger partial charge on any atom is 0.238 e. The Bertz CT molecular complexity index is 332. The van der Waals surface area contributed by atoms with Gasteiger partial charge in [0.05, 0.1) is 6.04 Å². The number of carbonyl (C=O) groups excluding carboxylic acids is 1. The third kappa shape index (κ3) is 3.56. The summed E-state index contributed by atoms with van der Waals surface area (Å²) < 4.78 is 0. The van der Waals surface area contributed by atoms with Gasteiger partial charge in [0.15, 0.2) is 0 Å². The zero-order valence-corrected chi connectivity index (χ0v) is 10.0. The van der Waals surface area contributed by atoms with Crippen LogP contribution in [-0.4, -0.2) is 11.3 Å². The third-order valence-electron chi connectivity index (χ3n) is 2.30. The van der Waals surface area contributed by atoms with Gasteiger partial charge in [0, 0.05) is 0 Å². The van der Waals surface area contributed by atoms with Gasteiger partial charge in [-0.05, 0) is 26.3 Å². The SMILES string of the molecule is Cc1ccc(C(C)NC(=O)C(C)Cl)cc1. The Kier molecular flexibility index (Phi) is 4.15. The van der Waals surface area contributed by atoms with Crippen LogP contribution < -0.4 is 5.32 Å². The minimum absolute atomic E-state index is 0.000648. The Balaban J connectivity index is 2.65. The Labute approximate surface area is 95.6 Å². The summed E-state index contributed by atoms with van der Waals surface area (Å²) in [5.74, 6) is -0.134. The van der Waals surface area contributed by atoms with Gasteiger partial charge in [-0.25, -0.2) is 0 Å². The molecule has 0 aromatic heterocycles. The number of hydrogen-bond donors (Lipinski definition) is 1. The highest BCUT2D eigenvalue weighted by molar-refractivity contribution is 6.30. The molecule has 15 heavy (non-hydrogen) atoms. The monoisotopic (exact) mass is 225 g/mol. The van der Waals surface area contributed by atoms with Crippen molar-refractivity contribution < 1.29 is 4.79 Å². The molecule has 0 fully saturated rings. The smallest absolute Gasteiger partial charge is 0.238 e. The molecule has 0 aliphatic carbocycles. The molecule has 0 radical (unpaired) electrons. The minimum Gasteiger partial charge on any atom is -0.348 e. The summed E-state index contributed by atoms with van der Waals surface area (Å²) in [6.07, 6.45) is 0. The second kappa shape index (κ2) is 5.17. The number of hydrogen-bond acceptors (Lipinski definition) is 1. The van der Waals surface area contributed by atoms with E-state index in [2.05, 4.69) is 5.32 Å². The summed E-state index contributed by atoms with van der Waals surface area (Å²) in [5, 5.41) is 2.36. The molecule has 0 aliphatic heterocycles. The van der Waals surface area contributed by atoms with E-state index in [1.807, 2.05) is 38.1 Å². The van der Waals surface area contributed by atoms with Crippen LogP contribution in [0.25, 0.3) is 0 Å². The summed E-state index contributed by atoms with van der Waals surface area (Å²) in [5.41, 5.74) is 2.30. The molecule has 0 saturated carbocycles. The van der Waals surface area contributed by atoms with Crippen molar-refractivity contribution in [3.8, 4) is 0 Å². The van der Waals surface area contributed by atoms with E-state index in [-0.39, 0.29) is 11.9 Å². The molecule has 2 nitrogen and oxygen atoms in total. The highest BCUT2D eigenvalue weighted by atomic mass is 35.5. The molecule has 1 N–H and O–H groups in total. The predicted molar refractivity (Wildman–Crippen MR) is 63.1 cm³/mol. The van der Waals surface area contributed by atoms with E-state index in [0.29, 0.717) is 0 Å². The third-order valence-corrected chi connectivity index (χ3v) is 2.50. The summed E-state index contributed by atoms with van der Waals surface area (Å²) in [6.45, 7) is 5.65. The minimum atomic E-state index is -0.488. The van der Waals surface area contributed by atoms with Gasteiger partial charge in [-0.1, -0.05) is 29.8 Å². The molecule has 0 spiro atoms. The van der Waals surface area contributed by atoms with Crippen molar-refractivity contribution in [2.24, 2.45) is 0 Å². The van der Waals surface area contributed by atoms with Crippen LogP contribution in [0.3, 0.4) is 0 Å². The first-order valence-corrected chi connectivity index (χ1v) is 5.45. The second-order valence-corrected chi connectivity index (χ2v) is 4.41. The van der Waals surface area contributed by atoms with Gasteiger partial charge >= 0.3 is 0 Å². The highest BCUT2D eigenvalue weighted by Crippen LogP contribution is 2.13. The van der Waals surface area contributed by atoms with Crippen molar-refractivity contribution in [1.82, 2.24) is 5.32 Å².